The molecule has 0 aromatic heterocycles. The normalized spacial score (nSPS) is 13.7. The predicted octanol–water partition coefficient (Wildman–Crippen LogP) is 1.87. The number of primary amides is 1. The molecule has 1 saturated heterocycles. The largest absolute Gasteiger partial charge is 0.461 e. The molecule has 6 amide bonds. The minimum absolute atomic E-state index is 0.00414. The molecule has 2 rings (SSSR count). The summed E-state index contributed by atoms with van der Waals surface area (Å²) in [7, 11) is 1.63. The molecule has 0 aliphatic carbocycles. The van der Waals surface area contributed by atoms with Crippen LogP contribution in [0.3, 0.4) is 0 Å². The Morgan fingerprint density at radius 3 is 1.60 bits per heavy atom. The van der Waals surface area contributed by atoms with Gasteiger partial charge in [0.1, 0.15) is 12.6 Å². The van der Waals surface area contributed by atoms with Crippen molar-refractivity contribution < 1.29 is 85.7 Å². The van der Waals surface area contributed by atoms with Gasteiger partial charge in [0.25, 0.3) is 0 Å². The summed E-state index contributed by atoms with van der Waals surface area (Å²) in [5.74, 6) is -2.78. The number of hydrogen-bond donors (Lipinski definition) is 4. The van der Waals surface area contributed by atoms with Crippen LogP contribution in [0.25, 0.3) is 0 Å². The van der Waals surface area contributed by atoms with E-state index in [1.165, 1.54) is 9.80 Å². The van der Waals surface area contributed by atoms with E-state index in [1.54, 1.807) is 41.7 Å². The van der Waals surface area contributed by atoms with E-state index >= 15 is 0 Å². The van der Waals surface area contributed by atoms with Gasteiger partial charge in [0.05, 0.1) is 151 Å². The van der Waals surface area contributed by atoms with Crippen molar-refractivity contribution in [3.63, 3.8) is 0 Å². The van der Waals surface area contributed by atoms with E-state index in [1.807, 2.05) is 24.3 Å². The number of ether oxygens (including phenoxy) is 11. The molecule has 1 heterocycles. The van der Waals surface area contributed by atoms with Crippen LogP contribution in [0.15, 0.2) is 24.3 Å². The Bertz CT molecular complexity index is 1760. The molecule has 2 atom stereocenters. The van der Waals surface area contributed by atoms with Crippen LogP contribution in [0.1, 0.15) is 78.7 Å². The number of benzene rings is 1. The van der Waals surface area contributed by atoms with Crippen molar-refractivity contribution in [1.29, 1.82) is 0 Å². The van der Waals surface area contributed by atoms with E-state index in [-0.39, 0.29) is 126 Å². The SMILES string of the molecule is CC(C)C(=O)OCc1ccc(NC(=O)CCCCCN)cc1.COCCOCCOCCOCCOCCOCCOCCOCCN(CC(=O)NC(C(N)=O)C(C)C)C(=O)CCOCCOCCN1C(=O)CC(C)C1=O. The van der Waals surface area contributed by atoms with Crippen molar-refractivity contribution in [2.24, 2.45) is 29.2 Å². The first-order chi connectivity index (χ1) is 37.1. The molecule has 2 unspecified atom stereocenters. The summed E-state index contributed by atoms with van der Waals surface area (Å²) in [6, 6.07) is 6.45. The molecule has 6 N–H and O–H groups in total. The maximum Gasteiger partial charge on any atom is 0.308 e. The molecular weight excluding hydrogens is 1010 g/mol. The average molecular weight is 1100 g/mol. The topological polar surface area (TPSA) is 304 Å². The predicted molar refractivity (Wildman–Crippen MR) is 284 cm³/mol. The van der Waals surface area contributed by atoms with E-state index in [4.69, 9.17) is 63.6 Å². The molecule has 0 saturated carbocycles. The Labute approximate surface area is 455 Å². The van der Waals surface area contributed by atoms with Crippen LogP contribution >= 0.6 is 0 Å². The molecule has 24 heteroatoms. The van der Waals surface area contributed by atoms with Crippen molar-refractivity contribution in [2.75, 3.05) is 164 Å². The summed E-state index contributed by atoms with van der Waals surface area (Å²) in [4.78, 5) is 87.0. The number of hydrogen-bond acceptors (Lipinski definition) is 19. The Hall–Kier alpha value is -4.73. The van der Waals surface area contributed by atoms with Gasteiger partial charge in [-0.05, 0) is 43.0 Å². The lowest BCUT2D eigenvalue weighted by molar-refractivity contribution is -0.148. The van der Waals surface area contributed by atoms with Gasteiger partial charge in [0, 0.05) is 38.1 Å². The first-order valence-corrected chi connectivity index (χ1v) is 26.8. The highest BCUT2D eigenvalue weighted by molar-refractivity contribution is 6.03. The summed E-state index contributed by atoms with van der Waals surface area (Å²) in [5, 5.41) is 5.45. The fraction of sp³-hybridized carbons (Fsp3) is 0.755. The van der Waals surface area contributed by atoms with Crippen LogP contribution < -0.4 is 22.1 Å². The summed E-state index contributed by atoms with van der Waals surface area (Å²) in [6.45, 7) is 16.8. The van der Waals surface area contributed by atoms with E-state index in [9.17, 15) is 33.6 Å². The molecule has 1 fully saturated rings. The van der Waals surface area contributed by atoms with Crippen molar-refractivity contribution in [2.45, 2.75) is 85.8 Å². The highest BCUT2D eigenvalue weighted by Gasteiger charge is 2.35. The van der Waals surface area contributed by atoms with E-state index in [0.717, 1.165) is 30.5 Å². The van der Waals surface area contributed by atoms with Crippen LogP contribution in [-0.2, 0) is 92.3 Å². The maximum absolute atomic E-state index is 13.0. The molecule has 1 aliphatic heterocycles. The second kappa shape index (κ2) is 46.2. The van der Waals surface area contributed by atoms with Gasteiger partial charge >= 0.3 is 5.97 Å². The monoisotopic (exact) mass is 1100 g/mol. The van der Waals surface area contributed by atoms with Crippen LogP contribution in [0, 0.1) is 17.8 Å². The zero-order valence-electron chi connectivity index (χ0n) is 46.7. The number of unbranched alkanes of at least 4 members (excludes halogenated alkanes) is 2. The van der Waals surface area contributed by atoms with E-state index < -0.39 is 17.9 Å². The zero-order chi connectivity index (χ0) is 56.9. The van der Waals surface area contributed by atoms with E-state index in [0.29, 0.717) is 98.9 Å². The van der Waals surface area contributed by atoms with Crippen LogP contribution in [0.5, 0.6) is 0 Å². The van der Waals surface area contributed by atoms with Crippen molar-refractivity contribution in [1.82, 2.24) is 15.1 Å². The third-order valence-electron chi connectivity index (χ3n) is 11.1. The first kappa shape index (κ1) is 70.3. The Balaban J connectivity index is 0.00000112. The lowest BCUT2D eigenvalue weighted by Crippen LogP contribution is -2.51. The highest BCUT2D eigenvalue weighted by atomic mass is 16.6. The van der Waals surface area contributed by atoms with Gasteiger partial charge in [0.15, 0.2) is 0 Å². The number of likely N-dealkylation sites (tertiary alicyclic amines) is 1. The second-order valence-corrected chi connectivity index (χ2v) is 18.4. The molecule has 0 spiro atoms. The second-order valence-electron chi connectivity index (χ2n) is 18.4. The fourth-order valence-electron chi connectivity index (χ4n) is 6.70. The molecule has 0 radical (unpaired) electrons. The number of amides is 6. The van der Waals surface area contributed by atoms with Gasteiger partial charge < -0.3 is 79.1 Å². The van der Waals surface area contributed by atoms with Gasteiger partial charge in [-0.25, -0.2) is 0 Å². The number of esters is 1. The summed E-state index contributed by atoms with van der Waals surface area (Å²) < 4.78 is 59.3. The molecule has 1 aliphatic rings. The number of methoxy groups -OCH3 is 1. The van der Waals surface area contributed by atoms with Crippen molar-refractivity contribution >= 4 is 47.1 Å². The Kier molecular flexibility index (Phi) is 42.2. The number of rotatable bonds is 47. The fourth-order valence-corrected chi connectivity index (χ4v) is 6.70. The molecular formula is C53H92N6O18. The third kappa shape index (κ3) is 36.9. The quantitative estimate of drug-likeness (QED) is 0.0411. The zero-order valence-corrected chi connectivity index (χ0v) is 46.7. The lowest BCUT2D eigenvalue weighted by atomic mass is 10.0. The number of nitrogens with zero attached hydrogens (tertiary/aromatic N) is 2. The maximum atomic E-state index is 13.0. The third-order valence-corrected chi connectivity index (χ3v) is 11.1. The van der Waals surface area contributed by atoms with Crippen LogP contribution in [-0.4, -0.2) is 216 Å². The number of carbonyl (C=O) groups is 7. The van der Waals surface area contributed by atoms with Crippen LogP contribution in [0.4, 0.5) is 5.69 Å². The molecule has 1 aromatic carbocycles. The Morgan fingerprint density at radius 2 is 1.14 bits per heavy atom. The van der Waals surface area contributed by atoms with Gasteiger partial charge in [-0.15, -0.1) is 0 Å². The van der Waals surface area contributed by atoms with Crippen molar-refractivity contribution in [3.8, 4) is 0 Å². The van der Waals surface area contributed by atoms with E-state index in [2.05, 4.69) is 10.6 Å². The molecule has 77 heavy (non-hydrogen) atoms. The minimum Gasteiger partial charge on any atom is -0.461 e. The lowest BCUT2D eigenvalue weighted by Gasteiger charge is -2.25. The highest BCUT2D eigenvalue weighted by Crippen LogP contribution is 2.18. The molecule has 442 valence electrons. The van der Waals surface area contributed by atoms with Gasteiger partial charge in [-0.1, -0.05) is 53.2 Å². The smallest absolute Gasteiger partial charge is 0.308 e. The summed E-state index contributed by atoms with van der Waals surface area (Å²) in [6.07, 6.45) is 3.51. The molecule has 0 bridgehead atoms. The van der Waals surface area contributed by atoms with Crippen molar-refractivity contribution in [3.05, 3.63) is 29.8 Å². The average Bonchev–Trinajstić information content (AvgIpc) is 3.64. The molecule has 1 aromatic rings. The number of carbonyl (C=O) groups excluding carboxylic acids is 7. The van der Waals surface area contributed by atoms with Gasteiger partial charge in [-0.3, -0.25) is 38.5 Å². The van der Waals surface area contributed by atoms with Gasteiger partial charge in [-0.2, -0.15) is 0 Å². The first-order valence-electron chi connectivity index (χ1n) is 26.8. The standard InChI is InChI=1S/C36H66N4O15.C17H26N2O3/c1-29(2)34(35(37)44)38-31(41)28-39(32(42)5-8-47-13-14-49-10-7-40-33(43)27-30(3)36(40)45)6-9-48-15-16-51-19-20-53-23-24-55-26-25-54-22-21-52-18-17-50-12-11-46-4;1-13(2)17(21)22-12-14-7-9-15(10-8-14)19-16(20)6-4-3-5-11-18/h29-30,34H,5-28H2,1-4H3,(H2,37,44)(H,38,41);7-10,13H,3-6,11-12,18H2,1-2H3,(H,19,20). The van der Waals surface area contributed by atoms with Crippen LogP contribution in [0.2, 0.25) is 0 Å². The number of anilines is 1. The summed E-state index contributed by atoms with van der Waals surface area (Å²) in [5.41, 5.74) is 12.5. The number of nitrogens with two attached hydrogens (primary N) is 2. The number of nitrogens with one attached hydrogen (secondary N) is 2. The summed E-state index contributed by atoms with van der Waals surface area (Å²) >= 11 is 0. The molecule has 24 nitrogen and oxygen atoms in total. The number of imide groups is 1. The minimum atomic E-state index is -0.873. The van der Waals surface area contributed by atoms with Gasteiger partial charge in [0.2, 0.25) is 35.4 Å². The Morgan fingerprint density at radius 1 is 0.649 bits per heavy atom.